The summed E-state index contributed by atoms with van der Waals surface area (Å²) in [5.41, 5.74) is 25.7. The van der Waals surface area contributed by atoms with Crippen LogP contribution in [0, 0.1) is 0 Å². The molecule has 0 saturated heterocycles. The molecule has 0 spiro atoms. The van der Waals surface area contributed by atoms with E-state index in [0.717, 1.165) is 54.6 Å². The van der Waals surface area contributed by atoms with E-state index in [1.807, 2.05) is 54.6 Å². The second-order valence-corrected chi connectivity index (χ2v) is 38.8. The van der Waals surface area contributed by atoms with Gasteiger partial charge in [-0.05, 0) is 314 Å². The van der Waals surface area contributed by atoms with E-state index in [9.17, 15) is 0 Å². The Kier molecular flexibility index (Phi) is 21.8. The first-order valence-electron chi connectivity index (χ1n) is 54.1. The monoisotopic (exact) mass is 1900 g/mol. The molecule has 0 aliphatic heterocycles. The fourth-order valence-corrected chi connectivity index (χ4v) is 23.9. The Morgan fingerprint density at radius 3 is 0.780 bits per heavy atom. The van der Waals surface area contributed by atoms with Crippen molar-refractivity contribution in [2.24, 2.45) is 0 Å². The summed E-state index contributed by atoms with van der Waals surface area (Å²) in [5.74, 6) is 0. The predicted octanol–water partition coefficient (Wildman–Crippen LogP) is 42.4. The lowest BCUT2D eigenvalue weighted by Crippen LogP contribution is -1.92. The van der Waals surface area contributed by atoms with Crippen molar-refractivity contribution in [2.45, 2.75) is 0 Å². The maximum atomic E-state index is 8.80. The van der Waals surface area contributed by atoms with Crippen molar-refractivity contribution < 1.29 is 6.85 Å². The molecular weight excluding hydrogens is 1800 g/mol. The molecule has 30 aromatic carbocycles. The van der Waals surface area contributed by atoms with Gasteiger partial charge in [0.25, 0.3) is 0 Å². The highest BCUT2D eigenvalue weighted by atomic mass is 14.3. The Hall–Kier alpha value is -19.5. The van der Waals surface area contributed by atoms with E-state index in [0.29, 0.717) is 5.56 Å². The maximum absolute atomic E-state index is 8.80. The van der Waals surface area contributed by atoms with Crippen LogP contribution in [-0.2, 0) is 0 Å². The fraction of sp³-hybridized carbons (Fsp3) is 0. The Morgan fingerprint density at radius 2 is 0.333 bits per heavy atom. The average molecular weight is 1910 g/mol. The molecule has 0 fully saturated rings. The third kappa shape index (κ3) is 16.0. The minimum absolute atomic E-state index is 0.199. The smallest absolute Gasteiger partial charge is 0.0622 e. The number of hydrogen-bond acceptors (Lipinski definition) is 0. The summed E-state index contributed by atoms with van der Waals surface area (Å²) in [6.45, 7) is 0. The summed E-state index contributed by atoms with van der Waals surface area (Å²) < 4.78 is 42.5. The quantitative estimate of drug-likeness (QED) is 0.0894. The van der Waals surface area contributed by atoms with Gasteiger partial charge in [0, 0.05) is 0 Å². The molecule has 0 heteroatoms. The molecule has 0 heterocycles. The summed E-state index contributed by atoms with van der Waals surface area (Å²) in [7, 11) is 0. The van der Waals surface area contributed by atoms with Crippen LogP contribution >= 0.6 is 0 Å². The first-order valence-corrected chi connectivity index (χ1v) is 51.6. The third-order valence-corrected chi connectivity index (χ3v) is 30.4. The third-order valence-electron chi connectivity index (χ3n) is 30.4. The molecule has 0 N–H and O–H groups in total. The van der Waals surface area contributed by atoms with E-state index in [1.54, 1.807) is 0 Å². The van der Waals surface area contributed by atoms with Crippen LogP contribution in [0.15, 0.2) is 594 Å². The van der Waals surface area contributed by atoms with Crippen molar-refractivity contribution in [3.8, 4) is 122 Å². The van der Waals surface area contributed by atoms with Gasteiger partial charge in [-0.1, -0.05) is 564 Å². The van der Waals surface area contributed by atoms with Crippen LogP contribution < -0.4 is 0 Å². The van der Waals surface area contributed by atoms with Gasteiger partial charge in [0.15, 0.2) is 0 Å². The van der Waals surface area contributed by atoms with Crippen molar-refractivity contribution in [1.82, 2.24) is 0 Å². The van der Waals surface area contributed by atoms with Crippen LogP contribution in [0.4, 0.5) is 0 Å². The van der Waals surface area contributed by atoms with Crippen LogP contribution in [0.5, 0.6) is 0 Å². The average Bonchev–Trinajstić information content (AvgIpc) is 0.719. The topological polar surface area (TPSA) is 0 Å². The summed E-state index contributed by atoms with van der Waals surface area (Å²) in [4.78, 5) is 0. The van der Waals surface area contributed by atoms with E-state index >= 15 is 0 Å². The summed E-state index contributed by atoms with van der Waals surface area (Å²) >= 11 is 0. The molecule has 698 valence electrons. The number of fused-ring (bicyclic) bond motifs is 16. The number of benzene rings is 30. The molecule has 0 atom stereocenters. The summed E-state index contributed by atoms with van der Waals surface area (Å²) in [5, 5.41) is 36.6. The normalized spacial score (nSPS) is 11.9. The van der Waals surface area contributed by atoms with Crippen molar-refractivity contribution in [3.05, 3.63) is 594 Å². The van der Waals surface area contributed by atoms with E-state index in [1.165, 1.54) is 218 Å². The van der Waals surface area contributed by atoms with Crippen molar-refractivity contribution in [1.29, 1.82) is 0 Å². The first-order chi connectivity index (χ1) is 76.6. The van der Waals surface area contributed by atoms with Gasteiger partial charge in [-0.25, -0.2) is 0 Å². The maximum Gasteiger partial charge on any atom is 0.0629 e. The molecule has 0 unspecified atom stereocenters. The Morgan fingerprint density at radius 1 is 0.0933 bits per heavy atom. The number of hydrogen-bond donors (Lipinski definition) is 0. The van der Waals surface area contributed by atoms with Crippen LogP contribution in [0.2, 0.25) is 0 Å². The molecule has 0 bridgehead atoms. The van der Waals surface area contributed by atoms with Gasteiger partial charge >= 0.3 is 0 Å². The highest BCUT2D eigenvalue weighted by Gasteiger charge is 2.26. The molecule has 0 radical (unpaired) electrons. The van der Waals surface area contributed by atoms with Gasteiger partial charge in [-0.3, -0.25) is 0 Å². The van der Waals surface area contributed by atoms with Gasteiger partial charge in [-0.15, -0.1) is 0 Å². The number of rotatable bonds is 11. The van der Waals surface area contributed by atoms with E-state index in [4.69, 9.17) is 6.85 Å². The lowest BCUT2D eigenvalue weighted by Gasteiger charge is -2.20. The zero-order chi connectivity index (χ0) is 104. The van der Waals surface area contributed by atoms with Crippen molar-refractivity contribution >= 4 is 162 Å². The van der Waals surface area contributed by atoms with Gasteiger partial charge in [0.2, 0.25) is 0 Å². The van der Waals surface area contributed by atoms with Crippen LogP contribution in [0.25, 0.3) is 284 Å². The molecule has 30 aromatic rings. The summed E-state index contributed by atoms with van der Waals surface area (Å²) in [6, 6.07) is 201. The van der Waals surface area contributed by atoms with Gasteiger partial charge in [0.1, 0.15) is 0 Å². The van der Waals surface area contributed by atoms with Gasteiger partial charge in [-0.2, -0.15) is 0 Å². The zero-order valence-corrected chi connectivity index (χ0v) is 82.2. The SMILES string of the molecule is [2H]c1c([2H])c([2H])c(-c2c3ccccc3c(-c3cc(-c4ccccc4)cc4ccccc34)c3ccccc23)c([2H])c1[2H].c1ccc(-c2cccc3c(-c4c5ccccc5c(-c5ccccc5)c5ccccc45)cccc23)cc1.c1ccc(-c2cccc3cc(-c4c5ccccc5c(-c5ccc6ccccc6c5)c5ccccc45)ccc23)cc1.c1ccc2c(-c3c4ccccc4c(-c4cc5ccccc5c5ccccc45)c4ccccc34)cccc2c1. The van der Waals surface area contributed by atoms with Crippen LogP contribution in [0.3, 0.4) is 0 Å². The first kappa shape index (κ1) is 83.9. The Bertz CT molecular complexity index is 10600. The lowest BCUT2D eigenvalue weighted by molar-refractivity contribution is 1.63. The zero-order valence-electron chi connectivity index (χ0n) is 87.2. The molecule has 0 amide bonds. The second kappa shape index (κ2) is 38.9. The van der Waals surface area contributed by atoms with Gasteiger partial charge < -0.3 is 0 Å². The molecule has 0 aromatic heterocycles. The Labute approximate surface area is 878 Å². The van der Waals surface area contributed by atoms with E-state index in [2.05, 4.69) is 510 Å². The highest BCUT2D eigenvalue weighted by Crippen LogP contribution is 2.54. The fourth-order valence-electron chi connectivity index (χ4n) is 23.9. The predicted molar refractivity (Wildman–Crippen MR) is 648 cm³/mol. The molecule has 0 aliphatic rings. The largest absolute Gasteiger partial charge is 0.0629 e. The second-order valence-electron chi connectivity index (χ2n) is 38.8. The highest BCUT2D eigenvalue weighted by molar-refractivity contribution is 6.30. The van der Waals surface area contributed by atoms with Crippen LogP contribution in [0.1, 0.15) is 6.85 Å². The molecule has 0 nitrogen and oxygen atoms in total. The standard InChI is InChI=1S/C40H26.C38H24.2C36H24/c1-2-12-28(13-3-1)33-20-10-15-30-26-32(23-24-34(30)33)40-37-18-8-6-16-35(37)39(36-17-7-9-19-38(36)40)31-22-21-27-11-4-5-14-29(27)25-31;1-3-15-27-25(12-1)14-11-23-31(27)37-32-19-7-9-21-34(32)38(35-22-10-8-20-33(35)37)36-24-26-13-2-4-16-28(26)29-17-5-6-18-30(29)36;1-3-13-25(14-4-1)27-21-11-23-29-28(27)22-12-24-30(29)36-33-19-9-7-17-31(33)35(26-15-5-2-6-16-26)32-18-8-10-20-34(32)36;1-3-13-25(14-4-1)28-23-27-17-7-8-18-29(27)34(24-28)36-32-21-11-9-19-30(32)35(26-15-5-2-6-16-26)31-20-10-12-22-33(31)36/h1-26H;1-24H;2*1-24H/i;;;2D,5D,6D,15D,16D. The van der Waals surface area contributed by atoms with Crippen molar-refractivity contribution in [2.75, 3.05) is 0 Å². The minimum atomic E-state index is -0.391. The van der Waals surface area contributed by atoms with Crippen molar-refractivity contribution in [3.63, 3.8) is 0 Å². The summed E-state index contributed by atoms with van der Waals surface area (Å²) in [6.07, 6.45) is 0. The van der Waals surface area contributed by atoms with E-state index < -0.39 is 6.04 Å². The molecular formula is C150H98. The minimum Gasteiger partial charge on any atom is -0.0622 e. The lowest BCUT2D eigenvalue weighted by atomic mass is 9.83. The Balaban J connectivity index is 0.000000101. The molecule has 30 rings (SSSR count). The van der Waals surface area contributed by atoms with E-state index in [-0.39, 0.29) is 29.7 Å². The van der Waals surface area contributed by atoms with Gasteiger partial charge in [0.05, 0.1) is 6.85 Å². The molecule has 0 saturated carbocycles. The van der Waals surface area contributed by atoms with Crippen LogP contribution in [-0.4, -0.2) is 0 Å². The molecule has 0 aliphatic carbocycles. The molecule has 150 heavy (non-hydrogen) atoms.